The number of nitrogens with zero attached hydrogens (tertiary/aromatic N) is 1. The van der Waals surface area contributed by atoms with Gasteiger partial charge in [-0.25, -0.2) is 0 Å². The van der Waals surface area contributed by atoms with Crippen LogP contribution in [-0.4, -0.2) is 34.9 Å². The summed E-state index contributed by atoms with van der Waals surface area (Å²) in [5.74, 6) is 2.54. The molecule has 1 atom stereocenters. The highest BCUT2D eigenvalue weighted by Gasteiger charge is 2.36. The fraction of sp³-hybridized carbons (Fsp3) is 0.625. The van der Waals surface area contributed by atoms with Crippen molar-refractivity contribution in [2.45, 2.75) is 39.7 Å². The molecule has 1 aliphatic heterocycles. The fourth-order valence-electron chi connectivity index (χ4n) is 3.30. The monoisotopic (exact) mass is 322 g/mol. The molecule has 3 rings (SSSR count). The van der Waals surface area contributed by atoms with Crippen molar-refractivity contribution in [1.29, 1.82) is 0 Å². The van der Waals surface area contributed by atoms with Gasteiger partial charge in [-0.15, -0.1) is 0 Å². The molecule has 2 aliphatic rings. The highest BCUT2D eigenvalue weighted by molar-refractivity contribution is 8.13. The van der Waals surface area contributed by atoms with E-state index in [4.69, 9.17) is 4.42 Å². The largest absolute Gasteiger partial charge is 0.466 e. The number of fused-ring (bicyclic) bond motifs is 1. The van der Waals surface area contributed by atoms with E-state index in [0.29, 0.717) is 6.54 Å². The van der Waals surface area contributed by atoms with E-state index in [1.54, 1.807) is 4.90 Å². The summed E-state index contributed by atoms with van der Waals surface area (Å²) in [6.45, 7) is 7.11. The zero-order valence-corrected chi connectivity index (χ0v) is 14.1. The van der Waals surface area contributed by atoms with Crippen LogP contribution >= 0.6 is 11.8 Å². The van der Waals surface area contributed by atoms with Crippen LogP contribution in [0.1, 0.15) is 43.4 Å². The molecular formula is C16H22N2O3S. The van der Waals surface area contributed by atoms with Crippen molar-refractivity contribution in [3.63, 3.8) is 0 Å². The molecule has 1 aliphatic carbocycles. The predicted octanol–water partition coefficient (Wildman–Crippen LogP) is 2.89. The average molecular weight is 322 g/mol. The van der Waals surface area contributed by atoms with Gasteiger partial charge in [-0.2, -0.15) is 0 Å². The molecule has 0 unspecified atom stereocenters. The molecule has 1 N–H and O–H groups in total. The quantitative estimate of drug-likeness (QED) is 0.929. The number of hydrogen-bond acceptors (Lipinski definition) is 4. The van der Waals surface area contributed by atoms with Crippen LogP contribution in [0.25, 0.3) is 0 Å². The number of carbonyl (C=O) groups excluding carboxylic acids is 2. The van der Waals surface area contributed by atoms with Gasteiger partial charge in [0.15, 0.2) is 0 Å². The summed E-state index contributed by atoms with van der Waals surface area (Å²) in [5.41, 5.74) is 1.18. The van der Waals surface area contributed by atoms with Crippen molar-refractivity contribution in [2.24, 2.45) is 5.41 Å². The summed E-state index contributed by atoms with van der Waals surface area (Å²) in [5, 5.41) is 3.09. The zero-order valence-electron chi connectivity index (χ0n) is 13.3. The molecule has 2 heterocycles. The van der Waals surface area contributed by atoms with Gasteiger partial charge in [0.25, 0.3) is 5.24 Å². The third-order valence-corrected chi connectivity index (χ3v) is 5.14. The molecule has 1 fully saturated rings. The first-order chi connectivity index (χ1) is 10.3. The van der Waals surface area contributed by atoms with E-state index in [1.165, 1.54) is 11.8 Å². The van der Waals surface area contributed by atoms with Gasteiger partial charge in [0.2, 0.25) is 5.91 Å². The minimum atomic E-state index is -0.0941. The number of aryl methyl sites for hydroxylation is 1. The maximum Gasteiger partial charge on any atom is 0.282 e. The molecule has 0 radical (unpaired) electrons. The van der Waals surface area contributed by atoms with Gasteiger partial charge < -0.3 is 14.6 Å². The third kappa shape index (κ3) is 3.16. The normalized spacial score (nSPS) is 23.5. The molecule has 1 saturated heterocycles. The van der Waals surface area contributed by atoms with Gasteiger partial charge >= 0.3 is 0 Å². The Morgan fingerprint density at radius 1 is 1.55 bits per heavy atom. The number of carbonyl (C=O) groups is 2. The van der Waals surface area contributed by atoms with Crippen molar-refractivity contribution in [3.8, 4) is 0 Å². The first-order valence-corrected chi connectivity index (χ1v) is 8.63. The van der Waals surface area contributed by atoms with Gasteiger partial charge in [-0.3, -0.25) is 9.59 Å². The Morgan fingerprint density at radius 2 is 2.32 bits per heavy atom. The molecule has 0 aromatic carbocycles. The minimum Gasteiger partial charge on any atom is -0.466 e. The second-order valence-corrected chi connectivity index (χ2v) is 7.98. The summed E-state index contributed by atoms with van der Waals surface area (Å²) in [6.07, 6.45) is 1.78. The molecule has 22 heavy (non-hydrogen) atoms. The zero-order chi connectivity index (χ0) is 15.9. The number of amides is 2. The summed E-state index contributed by atoms with van der Waals surface area (Å²) in [7, 11) is 0. The molecular weight excluding hydrogens is 300 g/mol. The average Bonchev–Trinajstić information content (AvgIpc) is 2.94. The van der Waals surface area contributed by atoms with Crippen LogP contribution in [-0.2, 0) is 11.2 Å². The van der Waals surface area contributed by atoms with Crippen molar-refractivity contribution in [2.75, 3.05) is 18.8 Å². The summed E-state index contributed by atoms with van der Waals surface area (Å²) in [6, 6.07) is 1.99. The minimum absolute atomic E-state index is 0.000955. The number of rotatable bonds is 3. The fourth-order valence-corrected chi connectivity index (χ4v) is 4.12. The Hall–Kier alpha value is -1.43. The Kier molecular flexibility index (Phi) is 3.97. The molecule has 0 bridgehead atoms. The topological polar surface area (TPSA) is 62.6 Å². The van der Waals surface area contributed by atoms with Crippen LogP contribution in [0.3, 0.4) is 0 Å². The highest BCUT2D eigenvalue weighted by atomic mass is 32.2. The molecule has 5 nitrogen and oxygen atoms in total. The summed E-state index contributed by atoms with van der Waals surface area (Å²) < 4.78 is 5.78. The van der Waals surface area contributed by atoms with E-state index in [0.717, 1.165) is 35.7 Å². The van der Waals surface area contributed by atoms with Crippen LogP contribution in [0.2, 0.25) is 0 Å². The van der Waals surface area contributed by atoms with Gasteiger partial charge in [-0.05, 0) is 24.8 Å². The van der Waals surface area contributed by atoms with Crippen molar-refractivity contribution in [3.05, 3.63) is 23.2 Å². The second-order valence-electron chi connectivity index (χ2n) is 6.94. The van der Waals surface area contributed by atoms with Crippen LogP contribution in [0.15, 0.2) is 10.5 Å². The number of nitrogens with one attached hydrogen (secondary N) is 1. The van der Waals surface area contributed by atoms with Crippen LogP contribution in [0.5, 0.6) is 0 Å². The van der Waals surface area contributed by atoms with Crippen molar-refractivity contribution in [1.82, 2.24) is 10.2 Å². The summed E-state index contributed by atoms with van der Waals surface area (Å²) >= 11 is 1.28. The molecule has 1 aromatic heterocycles. The van der Waals surface area contributed by atoms with Crippen LogP contribution in [0, 0.1) is 12.3 Å². The Morgan fingerprint density at radius 3 is 3.00 bits per heavy atom. The molecule has 0 spiro atoms. The van der Waals surface area contributed by atoms with Crippen molar-refractivity contribution < 1.29 is 14.0 Å². The molecule has 0 saturated carbocycles. The van der Waals surface area contributed by atoms with E-state index in [1.807, 2.05) is 13.0 Å². The maximum absolute atomic E-state index is 12.3. The lowest BCUT2D eigenvalue weighted by Crippen LogP contribution is -2.41. The lowest BCUT2D eigenvalue weighted by Gasteiger charge is -2.35. The number of hydrogen-bond donors (Lipinski definition) is 1. The van der Waals surface area contributed by atoms with Crippen LogP contribution < -0.4 is 5.32 Å². The Bertz CT molecular complexity index is 609. The Labute approximate surface area is 134 Å². The van der Waals surface area contributed by atoms with Gasteiger partial charge in [0, 0.05) is 24.3 Å². The smallest absolute Gasteiger partial charge is 0.282 e. The molecule has 120 valence electrons. The van der Waals surface area contributed by atoms with Gasteiger partial charge in [-0.1, -0.05) is 25.6 Å². The highest BCUT2D eigenvalue weighted by Crippen LogP contribution is 2.41. The van der Waals surface area contributed by atoms with Gasteiger partial charge in [0.05, 0.1) is 6.04 Å². The summed E-state index contributed by atoms with van der Waals surface area (Å²) in [4.78, 5) is 25.5. The number of thioether (sulfide) groups is 1. The first-order valence-electron chi connectivity index (χ1n) is 7.64. The van der Waals surface area contributed by atoms with Crippen molar-refractivity contribution >= 4 is 22.9 Å². The number of furan rings is 1. The van der Waals surface area contributed by atoms with Crippen LogP contribution in [0.4, 0.5) is 4.79 Å². The lowest BCUT2D eigenvalue weighted by atomic mass is 9.74. The van der Waals surface area contributed by atoms with E-state index in [9.17, 15) is 9.59 Å². The van der Waals surface area contributed by atoms with E-state index >= 15 is 0 Å². The van der Waals surface area contributed by atoms with E-state index in [-0.39, 0.29) is 29.1 Å². The Balaban J connectivity index is 1.71. The second kappa shape index (κ2) is 5.65. The third-order valence-electron chi connectivity index (χ3n) is 4.25. The van der Waals surface area contributed by atoms with E-state index < -0.39 is 0 Å². The first kappa shape index (κ1) is 15.5. The standard InChI is InChI=1S/C16H22N2O3S/c1-10-6-11-12(7-16(2,3)8-13(11)21-10)17-14(19)9-18-4-5-22-15(18)20/h6,12H,4-5,7-9H2,1-3H3,(H,17,19)/t12-/m0/s1. The molecule has 2 amide bonds. The predicted molar refractivity (Wildman–Crippen MR) is 85.9 cm³/mol. The maximum atomic E-state index is 12.3. The van der Waals surface area contributed by atoms with E-state index in [2.05, 4.69) is 19.2 Å². The van der Waals surface area contributed by atoms with Gasteiger partial charge in [0.1, 0.15) is 18.1 Å². The lowest BCUT2D eigenvalue weighted by molar-refractivity contribution is -0.122. The molecule has 1 aromatic rings. The molecule has 6 heteroatoms. The SMILES string of the molecule is Cc1cc2c(o1)CC(C)(C)C[C@@H]2NC(=O)CN1CCSC1=O.